The molecule has 0 fully saturated rings. The summed E-state index contributed by atoms with van der Waals surface area (Å²) in [6.45, 7) is 3.84. The number of thiophene rings is 1. The van der Waals surface area contributed by atoms with Gasteiger partial charge >= 0.3 is 0 Å². The molecule has 68 valence electrons. The third kappa shape index (κ3) is 3.34. The van der Waals surface area contributed by atoms with Crippen LogP contribution in [0.1, 0.15) is 12.5 Å². The Kier molecular flexibility index (Phi) is 4.29. The van der Waals surface area contributed by atoms with Crippen molar-refractivity contribution >= 4 is 11.3 Å². The highest BCUT2D eigenvalue weighted by atomic mass is 32.1. The van der Waals surface area contributed by atoms with E-state index in [0.717, 1.165) is 13.0 Å². The fourth-order valence-corrected chi connectivity index (χ4v) is 1.68. The van der Waals surface area contributed by atoms with Crippen LogP contribution in [0.3, 0.4) is 0 Å². The first kappa shape index (κ1) is 9.71. The largest absolute Gasteiger partial charge is 0.329 e. The predicted molar refractivity (Wildman–Crippen MR) is 54.5 cm³/mol. The van der Waals surface area contributed by atoms with E-state index in [1.54, 1.807) is 11.3 Å². The Balaban J connectivity index is 2.11. The normalized spacial score (nSPS) is 13.2. The van der Waals surface area contributed by atoms with Gasteiger partial charge in [0, 0.05) is 12.6 Å². The maximum atomic E-state index is 5.47. The molecule has 1 atom stereocenters. The first-order valence-corrected chi connectivity index (χ1v) is 5.21. The number of nitrogens with one attached hydrogen (secondary N) is 1. The van der Waals surface area contributed by atoms with E-state index in [9.17, 15) is 0 Å². The van der Waals surface area contributed by atoms with Gasteiger partial charge in [0.25, 0.3) is 0 Å². The maximum absolute atomic E-state index is 5.47. The molecule has 1 aromatic rings. The standard InChI is InChI=1S/C9H16N2S/c1-8(6-10)11-4-2-9-3-5-12-7-9/h3,5,7-8,11H,2,4,6,10H2,1H3/t8-/m0/s1. The van der Waals surface area contributed by atoms with Gasteiger partial charge in [-0.05, 0) is 42.3 Å². The number of hydrogen-bond donors (Lipinski definition) is 2. The molecule has 0 bridgehead atoms. The number of rotatable bonds is 5. The molecule has 1 heterocycles. The topological polar surface area (TPSA) is 38.0 Å². The molecular weight excluding hydrogens is 168 g/mol. The van der Waals surface area contributed by atoms with Crippen LogP contribution in [0.5, 0.6) is 0 Å². The first-order chi connectivity index (χ1) is 5.83. The Morgan fingerprint density at radius 3 is 3.08 bits per heavy atom. The molecule has 1 rings (SSSR count). The van der Waals surface area contributed by atoms with E-state index in [1.165, 1.54) is 5.56 Å². The van der Waals surface area contributed by atoms with Gasteiger partial charge in [-0.3, -0.25) is 0 Å². The average molecular weight is 184 g/mol. The molecule has 2 nitrogen and oxygen atoms in total. The second kappa shape index (κ2) is 5.30. The number of hydrogen-bond acceptors (Lipinski definition) is 3. The molecule has 0 aromatic carbocycles. The highest BCUT2D eigenvalue weighted by molar-refractivity contribution is 7.07. The second-order valence-electron chi connectivity index (χ2n) is 2.97. The van der Waals surface area contributed by atoms with Gasteiger partial charge in [-0.15, -0.1) is 0 Å². The highest BCUT2D eigenvalue weighted by Gasteiger charge is 1.97. The van der Waals surface area contributed by atoms with Crippen molar-refractivity contribution in [1.29, 1.82) is 0 Å². The molecule has 0 amide bonds. The van der Waals surface area contributed by atoms with Crippen LogP contribution in [-0.4, -0.2) is 19.1 Å². The van der Waals surface area contributed by atoms with Crippen molar-refractivity contribution < 1.29 is 0 Å². The molecule has 0 spiro atoms. The van der Waals surface area contributed by atoms with E-state index in [0.29, 0.717) is 12.6 Å². The Morgan fingerprint density at radius 1 is 1.67 bits per heavy atom. The van der Waals surface area contributed by atoms with Gasteiger partial charge in [-0.1, -0.05) is 0 Å². The monoisotopic (exact) mass is 184 g/mol. The van der Waals surface area contributed by atoms with Crippen LogP contribution in [-0.2, 0) is 6.42 Å². The molecule has 3 N–H and O–H groups in total. The third-order valence-corrected chi connectivity index (χ3v) is 2.57. The summed E-state index contributed by atoms with van der Waals surface area (Å²) in [5.41, 5.74) is 6.88. The summed E-state index contributed by atoms with van der Waals surface area (Å²) in [6.07, 6.45) is 1.10. The molecular formula is C9H16N2S. The van der Waals surface area contributed by atoms with E-state index in [-0.39, 0.29) is 0 Å². The van der Waals surface area contributed by atoms with Crippen LogP contribution in [0.4, 0.5) is 0 Å². The van der Waals surface area contributed by atoms with Crippen molar-refractivity contribution in [2.75, 3.05) is 13.1 Å². The Morgan fingerprint density at radius 2 is 2.50 bits per heavy atom. The lowest BCUT2D eigenvalue weighted by atomic mass is 10.2. The average Bonchev–Trinajstić information content (AvgIpc) is 2.57. The fourth-order valence-electron chi connectivity index (χ4n) is 0.981. The fraction of sp³-hybridized carbons (Fsp3) is 0.556. The van der Waals surface area contributed by atoms with E-state index in [4.69, 9.17) is 5.73 Å². The van der Waals surface area contributed by atoms with Gasteiger partial charge in [-0.2, -0.15) is 11.3 Å². The van der Waals surface area contributed by atoms with Gasteiger partial charge in [0.2, 0.25) is 0 Å². The van der Waals surface area contributed by atoms with Crippen molar-refractivity contribution in [2.24, 2.45) is 5.73 Å². The molecule has 1 aromatic heterocycles. The minimum Gasteiger partial charge on any atom is -0.329 e. The Hall–Kier alpha value is -0.380. The summed E-state index contributed by atoms with van der Waals surface area (Å²) in [4.78, 5) is 0. The zero-order valence-corrected chi connectivity index (χ0v) is 8.23. The molecule has 0 radical (unpaired) electrons. The number of nitrogens with two attached hydrogens (primary N) is 1. The second-order valence-corrected chi connectivity index (χ2v) is 3.75. The van der Waals surface area contributed by atoms with Gasteiger partial charge in [-0.25, -0.2) is 0 Å². The van der Waals surface area contributed by atoms with Crippen molar-refractivity contribution in [3.8, 4) is 0 Å². The van der Waals surface area contributed by atoms with Gasteiger partial charge in [0.05, 0.1) is 0 Å². The lowest BCUT2D eigenvalue weighted by Gasteiger charge is -2.09. The molecule has 3 heteroatoms. The van der Waals surface area contributed by atoms with Crippen molar-refractivity contribution in [3.05, 3.63) is 22.4 Å². The van der Waals surface area contributed by atoms with E-state index < -0.39 is 0 Å². The molecule has 0 aliphatic carbocycles. The van der Waals surface area contributed by atoms with Crippen LogP contribution in [0.25, 0.3) is 0 Å². The Bertz CT molecular complexity index is 196. The third-order valence-electron chi connectivity index (χ3n) is 1.84. The minimum atomic E-state index is 0.434. The molecule has 0 saturated carbocycles. The lowest BCUT2D eigenvalue weighted by Crippen LogP contribution is -2.34. The Labute approximate surface area is 77.8 Å². The van der Waals surface area contributed by atoms with Gasteiger partial charge in [0.15, 0.2) is 0 Å². The summed E-state index contributed by atoms with van der Waals surface area (Å²) in [6, 6.07) is 2.60. The maximum Gasteiger partial charge on any atom is 0.0162 e. The lowest BCUT2D eigenvalue weighted by molar-refractivity contribution is 0.559. The van der Waals surface area contributed by atoms with Crippen LogP contribution in [0, 0.1) is 0 Å². The molecule has 12 heavy (non-hydrogen) atoms. The van der Waals surface area contributed by atoms with Crippen LogP contribution < -0.4 is 11.1 Å². The quantitative estimate of drug-likeness (QED) is 0.722. The molecule has 0 aliphatic heterocycles. The van der Waals surface area contributed by atoms with Crippen LogP contribution in [0.2, 0.25) is 0 Å². The van der Waals surface area contributed by atoms with Gasteiger partial charge < -0.3 is 11.1 Å². The van der Waals surface area contributed by atoms with E-state index in [1.807, 2.05) is 0 Å². The summed E-state index contributed by atoms with van der Waals surface area (Å²) >= 11 is 1.75. The predicted octanol–water partition coefficient (Wildman–Crippen LogP) is 1.23. The zero-order chi connectivity index (χ0) is 8.81. The minimum absolute atomic E-state index is 0.434. The van der Waals surface area contributed by atoms with Gasteiger partial charge in [0.1, 0.15) is 0 Å². The molecule has 0 aliphatic rings. The van der Waals surface area contributed by atoms with Crippen molar-refractivity contribution in [3.63, 3.8) is 0 Å². The SMILES string of the molecule is C[C@@H](CN)NCCc1ccsc1. The van der Waals surface area contributed by atoms with Crippen molar-refractivity contribution in [1.82, 2.24) is 5.32 Å². The van der Waals surface area contributed by atoms with Crippen LogP contribution in [0.15, 0.2) is 16.8 Å². The first-order valence-electron chi connectivity index (χ1n) is 4.27. The van der Waals surface area contributed by atoms with E-state index in [2.05, 4.69) is 29.1 Å². The zero-order valence-electron chi connectivity index (χ0n) is 7.42. The summed E-state index contributed by atoms with van der Waals surface area (Å²) in [5.74, 6) is 0. The summed E-state index contributed by atoms with van der Waals surface area (Å²) in [5, 5.41) is 7.65. The van der Waals surface area contributed by atoms with Crippen molar-refractivity contribution in [2.45, 2.75) is 19.4 Å². The molecule has 0 unspecified atom stereocenters. The van der Waals surface area contributed by atoms with E-state index >= 15 is 0 Å². The van der Waals surface area contributed by atoms with Crippen LogP contribution >= 0.6 is 11.3 Å². The highest BCUT2D eigenvalue weighted by Crippen LogP contribution is 2.05. The summed E-state index contributed by atoms with van der Waals surface area (Å²) < 4.78 is 0. The molecule has 0 saturated heterocycles. The summed E-state index contributed by atoms with van der Waals surface area (Å²) in [7, 11) is 0. The smallest absolute Gasteiger partial charge is 0.0162 e.